The molecule has 102 valence electrons. The van der Waals surface area contributed by atoms with Crippen LogP contribution in [0.5, 0.6) is 5.75 Å². The first-order valence-electron chi connectivity index (χ1n) is 6.41. The van der Waals surface area contributed by atoms with Gasteiger partial charge in [0.2, 0.25) is 5.95 Å². The average molecular weight is 253 g/mol. The molecule has 1 aromatic rings. The van der Waals surface area contributed by atoms with Crippen molar-refractivity contribution in [3.63, 3.8) is 0 Å². The molecule has 0 amide bonds. The molecule has 0 N–H and O–H groups in total. The van der Waals surface area contributed by atoms with Crippen LogP contribution in [0, 0.1) is 0 Å². The second-order valence-corrected chi connectivity index (χ2v) is 4.11. The third kappa shape index (κ3) is 4.87. The predicted molar refractivity (Wildman–Crippen MR) is 72.2 cm³/mol. The van der Waals surface area contributed by atoms with Crippen molar-refractivity contribution in [2.45, 2.75) is 26.2 Å². The zero-order chi connectivity index (χ0) is 13.2. The Bertz CT molecular complexity index is 317. The normalized spacial score (nSPS) is 10.4. The average Bonchev–Trinajstić information content (AvgIpc) is 2.43. The second kappa shape index (κ2) is 8.69. The van der Waals surface area contributed by atoms with Crippen molar-refractivity contribution in [1.82, 2.24) is 9.97 Å². The summed E-state index contributed by atoms with van der Waals surface area (Å²) in [7, 11) is 3.34. The molecule has 0 aromatic carbocycles. The number of unbranched alkanes of at least 4 members (excludes halogenated alkanes) is 1. The molecule has 0 fully saturated rings. The predicted octanol–water partition coefficient (Wildman–Crippen LogP) is 2.13. The Kier molecular flexibility index (Phi) is 7.10. The minimum absolute atomic E-state index is 0.686. The van der Waals surface area contributed by atoms with E-state index in [2.05, 4.69) is 21.8 Å². The van der Waals surface area contributed by atoms with Gasteiger partial charge in [-0.15, -0.1) is 0 Å². The fraction of sp³-hybridized carbons (Fsp3) is 0.692. The van der Waals surface area contributed by atoms with Gasteiger partial charge in [-0.2, -0.15) is 0 Å². The van der Waals surface area contributed by atoms with Crippen LogP contribution >= 0.6 is 0 Å². The van der Waals surface area contributed by atoms with Crippen LogP contribution in [0.3, 0.4) is 0 Å². The van der Waals surface area contributed by atoms with E-state index in [1.165, 1.54) is 0 Å². The fourth-order valence-corrected chi connectivity index (χ4v) is 1.64. The highest BCUT2D eigenvalue weighted by atomic mass is 16.5. The molecule has 0 saturated carbocycles. The van der Waals surface area contributed by atoms with E-state index in [1.807, 2.05) is 0 Å². The van der Waals surface area contributed by atoms with E-state index in [1.54, 1.807) is 26.6 Å². The molecule has 0 aliphatic carbocycles. The lowest BCUT2D eigenvalue weighted by Gasteiger charge is -2.22. The van der Waals surface area contributed by atoms with Gasteiger partial charge in [0, 0.05) is 26.8 Å². The standard InChI is InChI=1S/C13H23N3O2/c1-4-5-7-16(8-6-9-17-2)13-14-10-12(18-3)11-15-13/h10-11H,4-9H2,1-3H3. The Morgan fingerprint density at radius 1 is 1.11 bits per heavy atom. The lowest BCUT2D eigenvalue weighted by atomic mass is 10.3. The minimum Gasteiger partial charge on any atom is -0.494 e. The van der Waals surface area contributed by atoms with Gasteiger partial charge in [-0.1, -0.05) is 13.3 Å². The molecule has 0 unspecified atom stereocenters. The monoisotopic (exact) mass is 253 g/mol. The molecule has 5 heteroatoms. The summed E-state index contributed by atoms with van der Waals surface area (Å²) < 4.78 is 10.1. The number of anilines is 1. The topological polar surface area (TPSA) is 47.5 Å². The minimum atomic E-state index is 0.686. The van der Waals surface area contributed by atoms with E-state index in [0.29, 0.717) is 5.75 Å². The molecule has 0 atom stereocenters. The lowest BCUT2D eigenvalue weighted by Crippen LogP contribution is -2.28. The second-order valence-electron chi connectivity index (χ2n) is 4.11. The van der Waals surface area contributed by atoms with Crippen molar-refractivity contribution in [3.05, 3.63) is 12.4 Å². The fourth-order valence-electron chi connectivity index (χ4n) is 1.64. The van der Waals surface area contributed by atoms with Gasteiger partial charge in [0.15, 0.2) is 5.75 Å². The molecule has 1 aromatic heterocycles. The Morgan fingerprint density at radius 3 is 2.33 bits per heavy atom. The Balaban J connectivity index is 2.60. The number of hydrogen-bond donors (Lipinski definition) is 0. The van der Waals surface area contributed by atoms with E-state index in [-0.39, 0.29) is 0 Å². The van der Waals surface area contributed by atoms with Crippen LogP contribution in [-0.4, -0.2) is 43.9 Å². The largest absolute Gasteiger partial charge is 0.494 e. The summed E-state index contributed by atoms with van der Waals surface area (Å²) in [4.78, 5) is 10.9. The van der Waals surface area contributed by atoms with Gasteiger partial charge in [0.1, 0.15) is 0 Å². The van der Waals surface area contributed by atoms with E-state index in [9.17, 15) is 0 Å². The maximum Gasteiger partial charge on any atom is 0.225 e. The summed E-state index contributed by atoms with van der Waals surface area (Å²) >= 11 is 0. The highest BCUT2D eigenvalue weighted by Gasteiger charge is 2.08. The van der Waals surface area contributed by atoms with Crippen molar-refractivity contribution in [1.29, 1.82) is 0 Å². The van der Waals surface area contributed by atoms with Gasteiger partial charge in [0.25, 0.3) is 0 Å². The first-order chi connectivity index (χ1) is 8.81. The van der Waals surface area contributed by atoms with Crippen molar-refractivity contribution in [2.24, 2.45) is 0 Å². The summed E-state index contributed by atoms with van der Waals surface area (Å²) in [6.45, 7) is 4.84. The van der Waals surface area contributed by atoms with Crippen molar-refractivity contribution in [2.75, 3.05) is 38.8 Å². The molecule has 0 spiro atoms. The summed E-state index contributed by atoms with van der Waals surface area (Å²) in [6.07, 6.45) is 6.70. The zero-order valence-electron chi connectivity index (χ0n) is 11.6. The third-order valence-corrected chi connectivity index (χ3v) is 2.69. The summed E-state index contributed by atoms with van der Waals surface area (Å²) in [5.74, 6) is 1.45. The van der Waals surface area contributed by atoms with Crippen LogP contribution in [0.2, 0.25) is 0 Å². The number of methoxy groups -OCH3 is 2. The molecule has 0 bridgehead atoms. The van der Waals surface area contributed by atoms with Crippen LogP contribution in [-0.2, 0) is 4.74 Å². The molecule has 18 heavy (non-hydrogen) atoms. The Morgan fingerprint density at radius 2 is 1.78 bits per heavy atom. The van der Waals surface area contributed by atoms with Crippen molar-refractivity contribution < 1.29 is 9.47 Å². The number of rotatable bonds is 9. The summed E-state index contributed by atoms with van der Waals surface area (Å²) in [5, 5.41) is 0. The maximum absolute atomic E-state index is 5.08. The van der Waals surface area contributed by atoms with E-state index in [4.69, 9.17) is 9.47 Å². The van der Waals surface area contributed by atoms with Crippen LogP contribution in [0.4, 0.5) is 5.95 Å². The van der Waals surface area contributed by atoms with Crippen LogP contribution in [0.15, 0.2) is 12.4 Å². The smallest absolute Gasteiger partial charge is 0.225 e. The van der Waals surface area contributed by atoms with E-state index < -0.39 is 0 Å². The molecule has 0 radical (unpaired) electrons. The van der Waals surface area contributed by atoms with Crippen molar-refractivity contribution in [3.8, 4) is 5.75 Å². The molecular formula is C13H23N3O2. The molecule has 0 aliphatic rings. The first kappa shape index (κ1) is 14.7. The first-order valence-corrected chi connectivity index (χ1v) is 6.41. The lowest BCUT2D eigenvalue weighted by molar-refractivity contribution is 0.196. The summed E-state index contributed by atoms with van der Waals surface area (Å²) in [6, 6.07) is 0. The number of ether oxygens (including phenoxy) is 2. The maximum atomic E-state index is 5.08. The Hall–Kier alpha value is -1.36. The van der Waals surface area contributed by atoms with Crippen LogP contribution < -0.4 is 9.64 Å². The molecule has 0 saturated heterocycles. The number of nitrogens with zero attached hydrogens (tertiary/aromatic N) is 3. The van der Waals surface area contributed by atoms with Crippen molar-refractivity contribution >= 4 is 5.95 Å². The SMILES string of the molecule is CCCCN(CCCOC)c1ncc(OC)cn1. The van der Waals surface area contributed by atoms with Gasteiger partial charge < -0.3 is 14.4 Å². The van der Waals surface area contributed by atoms with Crippen LogP contribution in [0.25, 0.3) is 0 Å². The number of aromatic nitrogens is 2. The van der Waals surface area contributed by atoms with Crippen LogP contribution in [0.1, 0.15) is 26.2 Å². The summed E-state index contributed by atoms with van der Waals surface area (Å²) in [5.41, 5.74) is 0. The van der Waals surface area contributed by atoms with Gasteiger partial charge in [-0.3, -0.25) is 0 Å². The highest BCUT2D eigenvalue weighted by Crippen LogP contribution is 2.12. The van der Waals surface area contributed by atoms with Gasteiger partial charge >= 0.3 is 0 Å². The van der Waals surface area contributed by atoms with E-state index >= 15 is 0 Å². The number of hydrogen-bond acceptors (Lipinski definition) is 5. The van der Waals surface area contributed by atoms with Gasteiger partial charge in [-0.05, 0) is 12.8 Å². The molecule has 1 rings (SSSR count). The van der Waals surface area contributed by atoms with Gasteiger partial charge in [0.05, 0.1) is 19.5 Å². The third-order valence-electron chi connectivity index (χ3n) is 2.69. The van der Waals surface area contributed by atoms with Gasteiger partial charge in [-0.25, -0.2) is 9.97 Å². The molecule has 0 aliphatic heterocycles. The Labute approximate surface area is 109 Å². The molecule has 1 heterocycles. The van der Waals surface area contributed by atoms with E-state index in [0.717, 1.165) is 44.9 Å². The quantitative estimate of drug-likeness (QED) is 0.631. The highest BCUT2D eigenvalue weighted by molar-refractivity contribution is 5.31. The molecule has 5 nitrogen and oxygen atoms in total. The molecular weight excluding hydrogens is 230 g/mol. The zero-order valence-corrected chi connectivity index (χ0v) is 11.6.